The Balaban J connectivity index is 1.54. The van der Waals surface area contributed by atoms with Crippen LogP contribution >= 0.6 is 11.3 Å². The molecular weight excluding hydrogens is 584 g/mol. The summed E-state index contributed by atoms with van der Waals surface area (Å²) in [4.78, 5) is 53.0. The molecule has 1 aliphatic rings. The van der Waals surface area contributed by atoms with Gasteiger partial charge in [-0.3, -0.25) is 19.7 Å². The molecule has 0 atom stereocenters. The standard InChI is InChI=1S/C32H30N4O7S/c1-18-10-15-27(44-18)30(38)43-17-23-20(13-14-24-28(23)35(4)31(39)32(2,3)34-24)21-12-11-19(16-26(21)42-5)33-29(37)22-8-6-7-9-25(22)36(40)41/h6-16,34H,17H2,1-5H3,(H,33,37). The molecule has 0 fully saturated rings. The molecule has 0 saturated carbocycles. The fourth-order valence-corrected chi connectivity index (χ4v) is 5.96. The van der Waals surface area contributed by atoms with E-state index in [1.165, 1.54) is 36.6 Å². The molecule has 4 aromatic rings. The van der Waals surface area contributed by atoms with Gasteiger partial charge in [-0.15, -0.1) is 11.3 Å². The smallest absolute Gasteiger partial charge is 0.348 e. The summed E-state index contributed by atoms with van der Waals surface area (Å²) in [6.45, 7) is 5.36. The second-order valence-electron chi connectivity index (χ2n) is 10.7. The van der Waals surface area contributed by atoms with Crippen LogP contribution in [0.5, 0.6) is 5.75 Å². The van der Waals surface area contributed by atoms with E-state index in [9.17, 15) is 24.5 Å². The van der Waals surface area contributed by atoms with Crippen molar-refractivity contribution in [2.75, 3.05) is 29.7 Å². The number of nitrogens with one attached hydrogen (secondary N) is 2. The highest BCUT2D eigenvalue weighted by molar-refractivity contribution is 7.13. The maximum absolute atomic E-state index is 13.3. The number of anilines is 3. The van der Waals surface area contributed by atoms with Crippen LogP contribution in [-0.2, 0) is 16.1 Å². The molecule has 12 heteroatoms. The topological polar surface area (TPSA) is 140 Å². The molecule has 0 saturated heterocycles. The van der Waals surface area contributed by atoms with Gasteiger partial charge in [-0.05, 0) is 62.7 Å². The molecule has 0 radical (unpaired) electrons. The van der Waals surface area contributed by atoms with Gasteiger partial charge in [0, 0.05) is 40.9 Å². The first-order valence-electron chi connectivity index (χ1n) is 13.6. The molecule has 226 valence electrons. The van der Waals surface area contributed by atoms with Crippen molar-refractivity contribution in [3.63, 3.8) is 0 Å². The van der Waals surface area contributed by atoms with Gasteiger partial charge in [-0.2, -0.15) is 0 Å². The first kappa shape index (κ1) is 30.2. The minimum absolute atomic E-state index is 0.0802. The molecule has 3 aromatic carbocycles. The number of hydrogen-bond donors (Lipinski definition) is 2. The zero-order valence-corrected chi connectivity index (χ0v) is 25.5. The van der Waals surface area contributed by atoms with E-state index in [2.05, 4.69) is 10.6 Å². The molecule has 1 aliphatic heterocycles. The monoisotopic (exact) mass is 614 g/mol. The molecule has 1 aromatic heterocycles. The highest BCUT2D eigenvalue weighted by Crippen LogP contribution is 2.45. The number of nitro groups is 1. The third-order valence-corrected chi connectivity index (χ3v) is 8.27. The highest BCUT2D eigenvalue weighted by Gasteiger charge is 2.39. The minimum atomic E-state index is -0.850. The van der Waals surface area contributed by atoms with Crippen LogP contribution in [0.1, 0.15) is 44.3 Å². The van der Waals surface area contributed by atoms with E-state index >= 15 is 0 Å². The summed E-state index contributed by atoms with van der Waals surface area (Å²) in [6, 6.07) is 17.9. The predicted molar refractivity (Wildman–Crippen MR) is 169 cm³/mol. The molecule has 0 spiro atoms. The van der Waals surface area contributed by atoms with Gasteiger partial charge in [-0.25, -0.2) is 4.79 Å². The molecule has 2 N–H and O–H groups in total. The second kappa shape index (κ2) is 11.8. The summed E-state index contributed by atoms with van der Waals surface area (Å²) in [5.74, 6) is -0.913. The zero-order chi connectivity index (χ0) is 31.8. The first-order chi connectivity index (χ1) is 20.9. The quantitative estimate of drug-likeness (QED) is 0.132. The third kappa shape index (κ3) is 5.71. The SMILES string of the molecule is COc1cc(NC(=O)c2ccccc2[N+](=O)[O-])ccc1-c1ccc2c(c1COC(=O)c1ccc(C)s1)N(C)C(=O)C(C)(C)N2. The number of ether oxygens (including phenoxy) is 2. The lowest BCUT2D eigenvalue weighted by atomic mass is 9.91. The molecule has 2 heterocycles. The van der Waals surface area contributed by atoms with Crippen molar-refractivity contribution < 1.29 is 28.8 Å². The molecule has 44 heavy (non-hydrogen) atoms. The number of carbonyl (C=O) groups excluding carboxylic acids is 3. The molecule has 0 bridgehead atoms. The van der Waals surface area contributed by atoms with Crippen molar-refractivity contribution >= 4 is 51.9 Å². The summed E-state index contributed by atoms with van der Waals surface area (Å²) in [5.41, 5.74) is 2.22. The van der Waals surface area contributed by atoms with Crippen molar-refractivity contribution in [1.82, 2.24) is 0 Å². The normalized spacial score (nSPS) is 13.5. The number of methoxy groups -OCH3 is 1. The van der Waals surface area contributed by atoms with E-state index in [0.717, 1.165) is 4.88 Å². The zero-order valence-electron chi connectivity index (χ0n) is 24.7. The van der Waals surface area contributed by atoms with Crippen molar-refractivity contribution in [1.29, 1.82) is 0 Å². The molecule has 5 rings (SSSR count). The number of rotatable bonds is 8. The van der Waals surface area contributed by atoms with E-state index in [-0.39, 0.29) is 23.8 Å². The van der Waals surface area contributed by atoms with E-state index in [1.807, 2.05) is 25.1 Å². The van der Waals surface area contributed by atoms with Crippen LogP contribution in [0.4, 0.5) is 22.7 Å². The largest absolute Gasteiger partial charge is 0.496 e. The van der Waals surface area contributed by atoms with Gasteiger partial charge < -0.3 is 25.0 Å². The van der Waals surface area contributed by atoms with Gasteiger partial charge in [0.15, 0.2) is 0 Å². The number of hydrogen-bond acceptors (Lipinski definition) is 9. The lowest BCUT2D eigenvalue weighted by Gasteiger charge is -2.39. The van der Waals surface area contributed by atoms with Crippen molar-refractivity contribution in [2.45, 2.75) is 32.9 Å². The van der Waals surface area contributed by atoms with Crippen molar-refractivity contribution in [3.8, 4) is 16.9 Å². The number of nitro benzene ring substituents is 1. The first-order valence-corrected chi connectivity index (χ1v) is 14.4. The Morgan fingerprint density at radius 3 is 2.48 bits per heavy atom. The number of nitrogens with zero attached hydrogens (tertiary/aromatic N) is 2. The van der Waals surface area contributed by atoms with Gasteiger partial charge in [0.1, 0.15) is 28.3 Å². The molecule has 0 unspecified atom stereocenters. The van der Waals surface area contributed by atoms with Crippen LogP contribution in [0.15, 0.2) is 66.7 Å². The maximum atomic E-state index is 13.3. The van der Waals surface area contributed by atoms with Crippen molar-refractivity contribution in [3.05, 3.63) is 97.7 Å². The Bertz CT molecular complexity index is 1810. The summed E-state index contributed by atoms with van der Waals surface area (Å²) in [6.07, 6.45) is 0. The van der Waals surface area contributed by atoms with Crippen molar-refractivity contribution in [2.24, 2.45) is 0 Å². The minimum Gasteiger partial charge on any atom is -0.496 e. The lowest BCUT2D eigenvalue weighted by Crippen LogP contribution is -2.52. The second-order valence-corrected chi connectivity index (χ2v) is 12.0. The van der Waals surface area contributed by atoms with Gasteiger partial charge in [0.05, 0.1) is 23.4 Å². The van der Waals surface area contributed by atoms with Gasteiger partial charge in [0.2, 0.25) is 0 Å². The number of para-hydroxylation sites is 1. The third-order valence-electron chi connectivity index (χ3n) is 7.29. The molecular formula is C32H30N4O7S. The fourth-order valence-electron chi connectivity index (χ4n) is 5.20. The van der Waals surface area contributed by atoms with Gasteiger partial charge >= 0.3 is 5.97 Å². The Hall–Kier alpha value is -5.23. The Morgan fingerprint density at radius 2 is 1.80 bits per heavy atom. The predicted octanol–water partition coefficient (Wildman–Crippen LogP) is 6.42. The number of carbonyl (C=O) groups is 3. The number of fused-ring (bicyclic) bond motifs is 1. The van der Waals surface area contributed by atoms with Gasteiger partial charge in [-0.1, -0.05) is 18.2 Å². The van der Waals surface area contributed by atoms with Gasteiger partial charge in [0.25, 0.3) is 17.5 Å². The summed E-state index contributed by atoms with van der Waals surface area (Å²) >= 11 is 1.33. The number of amides is 2. The van der Waals surface area contributed by atoms with E-state index in [0.29, 0.717) is 44.4 Å². The van der Waals surface area contributed by atoms with Crippen LogP contribution < -0.4 is 20.3 Å². The van der Waals surface area contributed by atoms with E-state index < -0.39 is 22.3 Å². The number of aryl methyl sites for hydroxylation is 1. The van der Waals surface area contributed by atoms with E-state index in [4.69, 9.17) is 9.47 Å². The van der Waals surface area contributed by atoms with E-state index in [1.54, 1.807) is 56.1 Å². The number of esters is 1. The average Bonchev–Trinajstić information content (AvgIpc) is 3.44. The molecule has 11 nitrogen and oxygen atoms in total. The van der Waals surface area contributed by atoms with Crippen LogP contribution in [0.25, 0.3) is 11.1 Å². The van der Waals surface area contributed by atoms with Crippen LogP contribution in [0, 0.1) is 17.0 Å². The van der Waals surface area contributed by atoms with Crippen LogP contribution in [0.2, 0.25) is 0 Å². The number of thiophene rings is 1. The summed E-state index contributed by atoms with van der Waals surface area (Å²) < 4.78 is 11.5. The summed E-state index contributed by atoms with van der Waals surface area (Å²) in [5, 5.41) is 17.4. The lowest BCUT2D eigenvalue weighted by molar-refractivity contribution is -0.385. The number of likely N-dealkylation sites (N-methyl/N-ethyl adjacent to an activating group) is 1. The summed E-state index contributed by atoms with van der Waals surface area (Å²) in [7, 11) is 3.16. The maximum Gasteiger partial charge on any atom is 0.348 e. The van der Waals surface area contributed by atoms with Crippen LogP contribution in [0.3, 0.4) is 0 Å². The molecule has 0 aliphatic carbocycles. The fraction of sp³-hybridized carbons (Fsp3) is 0.219. The Labute approximate surface area is 257 Å². The Kier molecular flexibility index (Phi) is 8.11. The Morgan fingerprint density at radius 1 is 1.07 bits per heavy atom. The average molecular weight is 615 g/mol. The number of benzene rings is 3. The molecule has 2 amide bonds. The highest BCUT2D eigenvalue weighted by atomic mass is 32.1. The van der Waals surface area contributed by atoms with Crippen LogP contribution in [-0.4, -0.2) is 42.4 Å².